The zero-order valence-corrected chi connectivity index (χ0v) is 13.3. The fourth-order valence-electron chi connectivity index (χ4n) is 2.56. The number of ether oxygens (including phenoxy) is 1. The smallest absolute Gasteiger partial charge is 0.127 e. The Bertz CT molecular complexity index is 766. The molecule has 3 aromatic carbocycles. The predicted molar refractivity (Wildman–Crippen MR) is 95.3 cm³/mol. The monoisotopic (exact) mass is 303 g/mol. The van der Waals surface area contributed by atoms with E-state index in [4.69, 9.17) is 10.5 Å². The van der Waals surface area contributed by atoms with Gasteiger partial charge in [0.05, 0.1) is 0 Å². The first-order valence-electron chi connectivity index (χ1n) is 7.86. The molecule has 3 rings (SSSR count). The Morgan fingerprint density at radius 3 is 2.39 bits per heavy atom. The fraction of sp³-hybridized carbons (Fsp3) is 0.143. The minimum absolute atomic E-state index is 0.0207. The highest BCUT2D eigenvalue weighted by atomic mass is 16.5. The summed E-state index contributed by atoms with van der Waals surface area (Å²) in [6.07, 6.45) is 0. The summed E-state index contributed by atoms with van der Waals surface area (Å²) < 4.78 is 6.05. The minimum Gasteiger partial charge on any atom is -0.488 e. The maximum absolute atomic E-state index is 6.05. The molecule has 0 aliphatic rings. The second-order valence-corrected chi connectivity index (χ2v) is 5.68. The summed E-state index contributed by atoms with van der Waals surface area (Å²) in [5, 5.41) is 0. The third-order valence-corrected chi connectivity index (χ3v) is 3.85. The highest BCUT2D eigenvalue weighted by molar-refractivity contribution is 5.71. The Hall–Kier alpha value is -2.58. The molecule has 0 amide bonds. The van der Waals surface area contributed by atoms with Crippen molar-refractivity contribution in [1.29, 1.82) is 0 Å². The summed E-state index contributed by atoms with van der Waals surface area (Å²) in [6.45, 7) is 2.56. The Labute approximate surface area is 137 Å². The van der Waals surface area contributed by atoms with Gasteiger partial charge in [0.1, 0.15) is 12.4 Å². The van der Waals surface area contributed by atoms with Crippen molar-refractivity contribution in [3.05, 3.63) is 90.0 Å². The topological polar surface area (TPSA) is 35.2 Å². The van der Waals surface area contributed by atoms with Gasteiger partial charge in [-0.05, 0) is 35.7 Å². The first-order valence-corrected chi connectivity index (χ1v) is 7.86. The second-order valence-electron chi connectivity index (χ2n) is 5.68. The third-order valence-electron chi connectivity index (χ3n) is 3.85. The van der Waals surface area contributed by atoms with E-state index < -0.39 is 0 Å². The van der Waals surface area contributed by atoms with E-state index in [0.717, 1.165) is 28.0 Å². The van der Waals surface area contributed by atoms with Crippen molar-refractivity contribution in [1.82, 2.24) is 0 Å². The Kier molecular flexibility index (Phi) is 4.74. The van der Waals surface area contributed by atoms with Crippen LogP contribution in [-0.2, 0) is 6.61 Å². The minimum atomic E-state index is 0.0207. The lowest BCUT2D eigenvalue weighted by atomic mass is 10.00. The molecule has 0 aromatic heterocycles. The zero-order valence-electron chi connectivity index (χ0n) is 13.3. The van der Waals surface area contributed by atoms with Gasteiger partial charge in [0, 0.05) is 11.6 Å². The van der Waals surface area contributed by atoms with Gasteiger partial charge in [-0.15, -0.1) is 0 Å². The summed E-state index contributed by atoms with van der Waals surface area (Å²) >= 11 is 0. The van der Waals surface area contributed by atoms with Gasteiger partial charge in [0.2, 0.25) is 0 Å². The highest BCUT2D eigenvalue weighted by Gasteiger charge is 2.08. The maximum atomic E-state index is 6.05. The molecule has 0 heterocycles. The summed E-state index contributed by atoms with van der Waals surface area (Å²) in [5.41, 5.74) is 10.5. The van der Waals surface area contributed by atoms with E-state index in [-0.39, 0.29) is 6.04 Å². The molecular formula is C21H21NO. The average molecular weight is 303 g/mol. The van der Waals surface area contributed by atoms with Gasteiger partial charge in [-0.3, -0.25) is 0 Å². The number of rotatable bonds is 5. The van der Waals surface area contributed by atoms with Crippen LogP contribution in [0.5, 0.6) is 5.75 Å². The lowest BCUT2D eigenvalue weighted by Crippen LogP contribution is -2.04. The molecule has 116 valence electrons. The van der Waals surface area contributed by atoms with Crippen LogP contribution in [0.3, 0.4) is 0 Å². The van der Waals surface area contributed by atoms with E-state index >= 15 is 0 Å². The summed E-state index contributed by atoms with van der Waals surface area (Å²) in [7, 11) is 0. The molecule has 0 unspecified atom stereocenters. The number of nitrogens with two attached hydrogens (primary N) is 1. The Morgan fingerprint density at radius 2 is 1.61 bits per heavy atom. The molecule has 2 N–H and O–H groups in total. The molecule has 23 heavy (non-hydrogen) atoms. The van der Waals surface area contributed by atoms with Crippen molar-refractivity contribution in [3.8, 4) is 16.9 Å². The molecule has 0 spiro atoms. The first kappa shape index (κ1) is 15.3. The van der Waals surface area contributed by atoms with Gasteiger partial charge in [-0.25, -0.2) is 0 Å². The largest absolute Gasteiger partial charge is 0.488 e. The van der Waals surface area contributed by atoms with Crippen molar-refractivity contribution < 1.29 is 4.74 Å². The number of benzene rings is 3. The van der Waals surface area contributed by atoms with E-state index in [1.54, 1.807) is 0 Å². The Balaban J connectivity index is 1.87. The molecule has 0 aliphatic carbocycles. The van der Waals surface area contributed by atoms with E-state index in [1.807, 2.05) is 49.4 Å². The van der Waals surface area contributed by atoms with Crippen LogP contribution in [0.1, 0.15) is 24.1 Å². The van der Waals surface area contributed by atoms with Crippen molar-refractivity contribution in [2.75, 3.05) is 0 Å². The van der Waals surface area contributed by atoms with Gasteiger partial charge in [0.15, 0.2) is 0 Å². The molecule has 0 saturated carbocycles. The lowest BCUT2D eigenvalue weighted by Gasteiger charge is -2.13. The molecule has 0 aliphatic heterocycles. The molecule has 0 saturated heterocycles. The number of hydrogen-bond acceptors (Lipinski definition) is 2. The third kappa shape index (κ3) is 3.79. The van der Waals surface area contributed by atoms with Gasteiger partial charge < -0.3 is 10.5 Å². The van der Waals surface area contributed by atoms with Crippen LogP contribution >= 0.6 is 0 Å². The van der Waals surface area contributed by atoms with Crippen molar-refractivity contribution in [2.24, 2.45) is 5.73 Å². The fourth-order valence-corrected chi connectivity index (χ4v) is 2.56. The molecule has 0 bridgehead atoms. The SMILES string of the molecule is C[C@@H](N)c1cccc(-c2ccccc2OCc2ccccc2)c1. The molecule has 3 aromatic rings. The number of hydrogen-bond donors (Lipinski definition) is 1. The van der Waals surface area contributed by atoms with Gasteiger partial charge in [-0.2, -0.15) is 0 Å². The zero-order chi connectivity index (χ0) is 16.1. The van der Waals surface area contributed by atoms with Gasteiger partial charge in [-0.1, -0.05) is 66.7 Å². The van der Waals surface area contributed by atoms with Crippen LogP contribution in [0.25, 0.3) is 11.1 Å². The second kappa shape index (κ2) is 7.12. The molecule has 2 heteroatoms. The molecular weight excluding hydrogens is 282 g/mol. The standard InChI is InChI=1S/C21H21NO/c1-16(22)18-10-7-11-19(14-18)20-12-5-6-13-21(20)23-15-17-8-3-2-4-9-17/h2-14,16H,15,22H2,1H3/t16-/m1/s1. The van der Waals surface area contributed by atoms with E-state index in [0.29, 0.717) is 6.61 Å². The van der Waals surface area contributed by atoms with Crippen LogP contribution < -0.4 is 10.5 Å². The summed E-state index contributed by atoms with van der Waals surface area (Å²) in [4.78, 5) is 0. The Morgan fingerprint density at radius 1 is 0.870 bits per heavy atom. The summed E-state index contributed by atoms with van der Waals surface area (Å²) in [5.74, 6) is 0.887. The van der Waals surface area contributed by atoms with Crippen LogP contribution in [-0.4, -0.2) is 0 Å². The van der Waals surface area contributed by atoms with Gasteiger partial charge in [0.25, 0.3) is 0 Å². The molecule has 2 nitrogen and oxygen atoms in total. The lowest BCUT2D eigenvalue weighted by molar-refractivity contribution is 0.307. The van der Waals surface area contributed by atoms with Crippen LogP contribution in [0, 0.1) is 0 Å². The normalized spacial score (nSPS) is 11.9. The van der Waals surface area contributed by atoms with Crippen LogP contribution in [0.2, 0.25) is 0 Å². The van der Waals surface area contributed by atoms with Crippen LogP contribution in [0.15, 0.2) is 78.9 Å². The highest BCUT2D eigenvalue weighted by Crippen LogP contribution is 2.31. The molecule has 1 atom stereocenters. The van der Waals surface area contributed by atoms with E-state index in [1.165, 1.54) is 0 Å². The average Bonchev–Trinajstić information content (AvgIpc) is 2.61. The first-order chi connectivity index (χ1) is 11.2. The van der Waals surface area contributed by atoms with E-state index in [9.17, 15) is 0 Å². The summed E-state index contributed by atoms with van der Waals surface area (Å²) in [6, 6.07) is 26.7. The number of para-hydroxylation sites is 1. The van der Waals surface area contributed by atoms with Gasteiger partial charge >= 0.3 is 0 Å². The van der Waals surface area contributed by atoms with E-state index in [2.05, 4.69) is 36.4 Å². The van der Waals surface area contributed by atoms with Crippen molar-refractivity contribution in [2.45, 2.75) is 19.6 Å². The molecule has 0 radical (unpaired) electrons. The predicted octanol–water partition coefficient (Wildman–Crippen LogP) is 4.95. The molecule has 0 fully saturated rings. The maximum Gasteiger partial charge on any atom is 0.127 e. The van der Waals surface area contributed by atoms with Crippen LogP contribution in [0.4, 0.5) is 0 Å². The van der Waals surface area contributed by atoms with Crippen molar-refractivity contribution >= 4 is 0 Å². The quantitative estimate of drug-likeness (QED) is 0.723. The van der Waals surface area contributed by atoms with Crippen molar-refractivity contribution in [3.63, 3.8) is 0 Å².